The van der Waals surface area contributed by atoms with E-state index in [0.29, 0.717) is 11.7 Å². The molecule has 3 heterocycles. The fraction of sp³-hybridized carbons (Fsp3) is 0.125. The second kappa shape index (κ2) is 11.0. The molecule has 0 amide bonds. The summed E-state index contributed by atoms with van der Waals surface area (Å²) >= 11 is 5.85. The Bertz CT molecular complexity index is 1540. The second-order valence-corrected chi connectivity index (χ2v) is 9.45. The average molecular weight is 534 g/mol. The fourth-order valence-electron chi connectivity index (χ4n) is 4.77. The second-order valence-electron chi connectivity index (χ2n) is 9.07. The van der Waals surface area contributed by atoms with Crippen LogP contribution in [0.25, 0.3) is 11.3 Å². The van der Waals surface area contributed by atoms with Crippen molar-refractivity contribution in [2.45, 2.75) is 19.0 Å². The number of hydrogen-bond donors (Lipinski definition) is 1. The summed E-state index contributed by atoms with van der Waals surface area (Å²) in [7, 11) is 0. The molecule has 0 saturated carbocycles. The van der Waals surface area contributed by atoms with Crippen molar-refractivity contribution >= 4 is 23.0 Å². The zero-order valence-corrected chi connectivity index (χ0v) is 22.2. The Morgan fingerprint density at radius 3 is 2.26 bits per heavy atom. The third-order valence-electron chi connectivity index (χ3n) is 6.56. The van der Waals surface area contributed by atoms with E-state index in [0.717, 1.165) is 45.7 Å². The molecule has 7 heteroatoms. The van der Waals surface area contributed by atoms with E-state index in [9.17, 15) is 0 Å². The molecule has 6 nitrogen and oxygen atoms in total. The molecule has 1 fully saturated rings. The molecule has 0 bridgehead atoms. The summed E-state index contributed by atoms with van der Waals surface area (Å²) in [5, 5.41) is 4.08. The lowest BCUT2D eigenvalue weighted by atomic mass is 10.0. The smallest absolute Gasteiger partial charge is 0.174 e. The van der Waals surface area contributed by atoms with Crippen LogP contribution in [0, 0.1) is 0 Å². The van der Waals surface area contributed by atoms with Gasteiger partial charge >= 0.3 is 0 Å². The van der Waals surface area contributed by atoms with Crippen molar-refractivity contribution in [3.8, 4) is 28.6 Å². The van der Waals surface area contributed by atoms with Gasteiger partial charge in [-0.1, -0.05) is 24.3 Å². The lowest BCUT2D eigenvalue weighted by Gasteiger charge is -2.26. The topological polar surface area (TPSA) is 59.8 Å². The molecule has 1 N–H and O–H groups in total. The number of thiocarbonyl (C=S) groups is 1. The predicted octanol–water partition coefficient (Wildman–Crippen LogP) is 7.71. The van der Waals surface area contributed by atoms with Gasteiger partial charge in [0.15, 0.2) is 5.11 Å². The predicted molar refractivity (Wildman–Crippen MR) is 156 cm³/mol. The number of anilines is 1. The number of nitrogens with one attached hydrogen (secondary N) is 1. The van der Waals surface area contributed by atoms with Gasteiger partial charge in [0, 0.05) is 17.4 Å². The van der Waals surface area contributed by atoms with E-state index in [1.807, 2.05) is 116 Å². The number of nitrogens with zero attached hydrogens (tertiary/aromatic N) is 2. The van der Waals surface area contributed by atoms with E-state index >= 15 is 0 Å². The van der Waals surface area contributed by atoms with E-state index < -0.39 is 0 Å². The number of benzene rings is 3. The third-order valence-corrected chi connectivity index (χ3v) is 6.87. The number of aromatic nitrogens is 1. The van der Waals surface area contributed by atoms with Crippen molar-refractivity contribution in [1.29, 1.82) is 0 Å². The van der Waals surface area contributed by atoms with Crippen molar-refractivity contribution in [2.75, 3.05) is 11.5 Å². The molecule has 0 unspecified atom stereocenters. The first-order valence-electron chi connectivity index (χ1n) is 12.9. The number of pyridine rings is 1. The number of furan rings is 1. The highest BCUT2D eigenvalue weighted by molar-refractivity contribution is 7.80. The third kappa shape index (κ3) is 5.22. The molecule has 1 aliphatic heterocycles. The van der Waals surface area contributed by atoms with Crippen LogP contribution in [0.2, 0.25) is 0 Å². The van der Waals surface area contributed by atoms with E-state index in [4.69, 9.17) is 26.1 Å². The van der Waals surface area contributed by atoms with Crippen LogP contribution < -0.4 is 19.7 Å². The highest BCUT2D eigenvalue weighted by atomic mass is 32.1. The van der Waals surface area contributed by atoms with Gasteiger partial charge in [-0.15, -0.1) is 0 Å². The van der Waals surface area contributed by atoms with Gasteiger partial charge in [-0.2, -0.15) is 0 Å². The van der Waals surface area contributed by atoms with Crippen LogP contribution in [0.4, 0.5) is 5.69 Å². The SMILES string of the molecule is CCOc1ccc(-c2ccc([C@H]3[C@@H](c4ccccn4)NC(=S)N3c3ccc(Oc4ccccc4)cc3)o2)cc1. The Morgan fingerprint density at radius 2 is 1.54 bits per heavy atom. The lowest BCUT2D eigenvalue weighted by Crippen LogP contribution is -2.29. The van der Waals surface area contributed by atoms with E-state index in [2.05, 4.69) is 15.2 Å². The summed E-state index contributed by atoms with van der Waals surface area (Å²) in [6.45, 7) is 2.60. The maximum absolute atomic E-state index is 6.47. The first-order chi connectivity index (χ1) is 19.2. The highest BCUT2D eigenvalue weighted by Crippen LogP contribution is 2.43. The quantitative estimate of drug-likeness (QED) is 0.205. The lowest BCUT2D eigenvalue weighted by molar-refractivity contribution is 0.340. The van der Waals surface area contributed by atoms with Crippen LogP contribution in [0.5, 0.6) is 17.2 Å². The molecule has 1 aliphatic rings. The molecule has 6 rings (SSSR count). The molecule has 0 radical (unpaired) electrons. The zero-order chi connectivity index (χ0) is 26.6. The molecule has 194 valence electrons. The van der Waals surface area contributed by atoms with Crippen molar-refractivity contribution < 1.29 is 13.9 Å². The molecule has 39 heavy (non-hydrogen) atoms. The molecule has 5 aromatic rings. The van der Waals surface area contributed by atoms with Crippen LogP contribution in [-0.2, 0) is 0 Å². The van der Waals surface area contributed by atoms with Gasteiger partial charge in [0.2, 0.25) is 0 Å². The molecule has 0 aliphatic carbocycles. The largest absolute Gasteiger partial charge is 0.494 e. The molecule has 2 aromatic heterocycles. The maximum atomic E-state index is 6.47. The summed E-state index contributed by atoms with van der Waals surface area (Å²) in [5.41, 5.74) is 2.78. The summed E-state index contributed by atoms with van der Waals surface area (Å²) < 4.78 is 18.1. The van der Waals surface area contributed by atoms with Gasteiger partial charge in [0.05, 0.1) is 18.3 Å². The van der Waals surface area contributed by atoms with Gasteiger partial charge < -0.3 is 24.1 Å². The van der Waals surface area contributed by atoms with Crippen molar-refractivity contribution in [3.05, 3.63) is 127 Å². The van der Waals surface area contributed by atoms with Crippen LogP contribution in [0.15, 0.2) is 120 Å². The average Bonchev–Trinajstić information content (AvgIpc) is 3.60. The van der Waals surface area contributed by atoms with Crippen LogP contribution in [-0.4, -0.2) is 16.7 Å². The minimum atomic E-state index is -0.246. The Kier molecular flexibility index (Phi) is 6.97. The van der Waals surface area contributed by atoms with E-state index in [1.165, 1.54) is 0 Å². The first-order valence-corrected chi connectivity index (χ1v) is 13.3. The number of ether oxygens (including phenoxy) is 2. The van der Waals surface area contributed by atoms with Gasteiger partial charge in [-0.05, 0) is 104 Å². The Balaban J connectivity index is 1.33. The van der Waals surface area contributed by atoms with Crippen molar-refractivity contribution in [1.82, 2.24) is 10.3 Å². The minimum Gasteiger partial charge on any atom is -0.494 e. The molecule has 3 aromatic carbocycles. The molecule has 2 atom stereocenters. The number of para-hydroxylation sites is 1. The van der Waals surface area contributed by atoms with E-state index in [1.54, 1.807) is 6.20 Å². The standard InChI is InChI=1S/C32H27N3O3S/c1-2-36-24-15-11-22(12-16-24)28-19-20-29(38-28)31-30(27-10-6-7-21-33-27)34-32(39)35(31)23-13-17-26(18-14-23)37-25-8-4-3-5-9-25/h3-21,30-31H,2H2,1H3,(H,34,39)/t30-,31+/m1/s1. The molecule has 1 saturated heterocycles. The van der Waals surface area contributed by atoms with Gasteiger partial charge in [0.25, 0.3) is 0 Å². The monoisotopic (exact) mass is 533 g/mol. The van der Waals surface area contributed by atoms with Gasteiger partial charge in [-0.25, -0.2) is 0 Å². The van der Waals surface area contributed by atoms with Gasteiger partial charge in [0.1, 0.15) is 34.8 Å². The van der Waals surface area contributed by atoms with Crippen LogP contribution in [0.3, 0.4) is 0 Å². The summed E-state index contributed by atoms with van der Waals surface area (Å²) in [4.78, 5) is 6.71. The summed E-state index contributed by atoms with van der Waals surface area (Å²) in [6, 6.07) is 35.0. The minimum absolute atomic E-state index is 0.196. The molecule has 0 spiro atoms. The zero-order valence-electron chi connectivity index (χ0n) is 21.4. The van der Waals surface area contributed by atoms with Crippen molar-refractivity contribution in [3.63, 3.8) is 0 Å². The first kappa shape index (κ1) is 24.7. The summed E-state index contributed by atoms with van der Waals surface area (Å²) in [6.07, 6.45) is 1.79. The van der Waals surface area contributed by atoms with Crippen LogP contribution in [0.1, 0.15) is 30.5 Å². The van der Waals surface area contributed by atoms with E-state index in [-0.39, 0.29) is 12.1 Å². The Morgan fingerprint density at radius 1 is 0.821 bits per heavy atom. The molecular weight excluding hydrogens is 506 g/mol. The molecular formula is C32H27N3O3S. The van der Waals surface area contributed by atoms with Crippen molar-refractivity contribution in [2.24, 2.45) is 0 Å². The maximum Gasteiger partial charge on any atom is 0.174 e. The fourth-order valence-corrected chi connectivity index (χ4v) is 5.12. The Labute approximate surface area is 232 Å². The number of rotatable bonds is 8. The highest BCUT2D eigenvalue weighted by Gasteiger charge is 2.42. The van der Waals surface area contributed by atoms with Gasteiger partial charge in [-0.3, -0.25) is 4.98 Å². The Hall–Kier alpha value is -4.62. The normalized spacial score (nSPS) is 16.6. The summed E-state index contributed by atoms with van der Waals surface area (Å²) in [5.74, 6) is 3.92. The van der Waals surface area contributed by atoms with Crippen LogP contribution >= 0.6 is 12.2 Å². The number of hydrogen-bond acceptors (Lipinski definition) is 5.